The van der Waals surface area contributed by atoms with Gasteiger partial charge in [0.2, 0.25) is 0 Å². The van der Waals surface area contributed by atoms with E-state index >= 15 is 0 Å². The number of aryl methyl sites for hydroxylation is 1. The zero-order valence-corrected chi connectivity index (χ0v) is 19.3. The monoisotopic (exact) mass is 393 g/mol. The fourth-order valence-corrected chi connectivity index (χ4v) is 1.60. The van der Waals surface area contributed by atoms with Crippen molar-refractivity contribution in [3.63, 3.8) is 0 Å². The molecule has 0 bridgehead atoms. The molecule has 1 amide bonds. The number of fused-ring (bicyclic) bond motifs is 1. The van der Waals surface area contributed by atoms with Gasteiger partial charge >= 0.3 is 65.2 Å². The summed E-state index contributed by atoms with van der Waals surface area (Å²) in [5.74, 6) is -0.109. The molecule has 2 rings (SSSR count). The van der Waals surface area contributed by atoms with Crippen molar-refractivity contribution < 1.29 is 87.5 Å². The number of amides is 1. The van der Waals surface area contributed by atoms with Crippen molar-refractivity contribution >= 4 is 30.6 Å². The number of phosphoric acid groups is 1. The third-order valence-electron chi connectivity index (χ3n) is 2.19. The minimum atomic E-state index is -5.23. The summed E-state index contributed by atoms with van der Waals surface area (Å²) >= 11 is 0. The number of hydrogen-bond donors (Lipinski definition) is 2. The molecule has 0 radical (unpaired) electrons. The van der Waals surface area contributed by atoms with E-state index in [4.69, 9.17) is 0 Å². The third-order valence-corrected chi connectivity index (χ3v) is 2.61. The molecule has 2 aromatic rings. The number of rotatable bonds is 4. The van der Waals surface area contributed by atoms with Crippen LogP contribution in [0.1, 0.15) is 13.8 Å². The van der Waals surface area contributed by atoms with Crippen LogP contribution >= 0.6 is 7.82 Å². The van der Waals surface area contributed by atoms with Crippen LogP contribution in [0.3, 0.4) is 0 Å². The van der Waals surface area contributed by atoms with Crippen LogP contribution < -0.4 is 79.8 Å². The summed E-state index contributed by atoms with van der Waals surface area (Å²) < 4.78 is 19.5. The maximum Gasteiger partial charge on any atom is 1.00 e. The van der Waals surface area contributed by atoms with Gasteiger partial charge in [-0.2, -0.15) is 10.2 Å². The summed E-state index contributed by atoms with van der Waals surface area (Å²) in [5, 5.41) is 11.9. The molecule has 0 aliphatic carbocycles. The smallest absolute Gasteiger partial charge is 0.790 e. The fourth-order valence-electron chi connectivity index (χ4n) is 1.41. The normalized spacial score (nSPS) is 9.96. The Morgan fingerprint density at radius 2 is 2.00 bits per heavy atom. The molecule has 2 heterocycles. The Kier molecular flexibility index (Phi) is 13.1. The quantitative estimate of drug-likeness (QED) is 0.290. The summed E-state index contributed by atoms with van der Waals surface area (Å²) in [6.07, 6.45) is 0.274. The molecule has 0 saturated carbocycles. The Morgan fingerprint density at radius 3 is 2.56 bits per heavy atom. The van der Waals surface area contributed by atoms with Crippen molar-refractivity contribution in [1.29, 1.82) is 0 Å². The molecule has 0 saturated heterocycles. The summed E-state index contributed by atoms with van der Waals surface area (Å²) in [5.41, 5.74) is -0.392. The van der Waals surface area contributed by atoms with Crippen LogP contribution in [0.15, 0.2) is 11.0 Å². The van der Waals surface area contributed by atoms with Crippen LogP contribution in [0.4, 0.5) is 10.6 Å². The maximum absolute atomic E-state index is 11.5. The van der Waals surface area contributed by atoms with Crippen LogP contribution in [0.2, 0.25) is 0 Å². The molecule has 0 fully saturated rings. The molecule has 128 valence electrons. The standard InChI is InChI=1S/C8H10N5O7P.C2H6.2Na/c1-13-2-4-5(12-13)6(10-11-7(4)14)9-8(15)19-3-20-21(16,17)18;1-2;;/h2H,3H2,1H3,(H,11,14)(H,9,10,15)(H2,16,17,18);1-2H3;;/q;;2*+1/p-2. The number of carbonyl (C=O) groups excluding carboxylic acids is 1. The number of H-pyrrole nitrogens is 1. The second-order valence-corrected chi connectivity index (χ2v) is 4.87. The average Bonchev–Trinajstić information content (AvgIpc) is 2.86. The van der Waals surface area contributed by atoms with Gasteiger partial charge in [-0.1, -0.05) is 13.8 Å². The number of phosphoric ester groups is 1. The van der Waals surface area contributed by atoms with Gasteiger partial charge in [0.1, 0.15) is 5.52 Å². The summed E-state index contributed by atoms with van der Waals surface area (Å²) in [6, 6.07) is 0. The van der Waals surface area contributed by atoms with E-state index in [2.05, 4.69) is 29.9 Å². The number of carbonyl (C=O) groups is 1. The summed E-state index contributed by atoms with van der Waals surface area (Å²) in [4.78, 5) is 43.2. The molecule has 0 aliphatic rings. The topological polar surface area (TPSA) is 174 Å². The van der Waals surface area contributed by atoms with Crippen LogP contribution in [0.5, 0.6) is 0 Å². The zero-order chi connectivity index (χ0) is 17.6. The molecule has 2 aromatic heterocycles. The molecule has 0 aromatic carbocycles. The fraction of sp³-hybridized carbons (Fsp3) is 0.400. The number of hydrogen-bond acceptors (Lipinski definition) is 9. The van der Waals surface area contributed by atoms with Crippen molar-refractivity contribution in [2.75, 3.05) is 12.1 Å². The molecule has 2 N–H and O–H groups in total. The van der Waals surface area contributed by atoms with Crippen molar-refractivity contribution in [3.05, 3.63) is 16.6 Å². The van der Waals surface area contributed by atoms with Gasteiger partial charge in [0.05, 0.1) is 13.2 Å². The predicted molar refractivity (Wildman–Crippen MR) is 74.1 cm³/mol. The number of aromatic nitrogens is 4. The first-order valence-corrected chi connectivity index (χ1v) is 7.75. The Morgan fingerprint density at radius 1 is 1.40 bits per heavy atom. The number of nitrogens with one attached hydrogen (secondary N) is 2. The van der Waals surface area contributed by atoms with Gasteiger partial charge in [-0.05, 0) is 0 Å². The van der Waals surface area contributed by atoms with E-state index in [1.54, 1.807) is 7.05 Å². The SMILES string of the molecule is CC.Cn1cc2c(=O)[nH]nc(NC(=O)OCOP(=O)([O-])[O-])c2n1.[Na+].[Na+]. The van der Waals surface area contributed by atoms with Crippen LogP contribution in [-0.4, -0.2) is 32.9 Å². The first-order chi connectivity index (χ1) is 10.8. The number of nitrogens with zero attached hydrogens (tertiary/aromatic N) is 3. The Balaban J connectivity index is 0. The van der Waals surface area contributed by atoms with Gasteiger partial charge < -0.3 is 23.6 Å². The first kappa shape index (κ1) is 27.0. The van der Waals surface area contributed by atoms with Gasteiger partial charge in [0, 0.05) is 13.2 Å². The number of anilines is 1. The predicted octanol–water partition coefficient (Wildman–Crippen LogP) is -6.96. The summed E-state index contributed by atoms with van der Waals surface area (Å²) in [7, 11) is -3.67. The zero-order valence-electron chi connectivity index (χ0n) is 14.4. The Labute approximate surface area is 186 Å². The molecular weight excluding hydrogens is 379 g/mol. The number of aromatic amines is 1. The van der Waals surface area contributed by atoms with Gasteiger partial charge in [0.25, 0.3) is 5.56 Å². The van der Waals surface area contributed by atoms with E-state index in [9.17, 15) is 23.9 Å². The second-order valence-electron chi connectivity index (χ2n) is 3.72. The molecule has 0 atom stereocenters. The van der Waals surface area contributed by atoms with Crippen molar-refractivity contribution in [3.8, 4) is 0 Å². The van der Waals surface area contributed by atoms with Crippen molar-refractivity contribution in [1.82, 2.24) is 20.0 Å². The maximum atomic E-state index is 11.5. The van der Waals surface area contributed by atoms with Gasteiger partial charge in [-0.15, -0.1) is 0 Å². The van der Waals surface area contributed by atoms with Crippen LogP contribution in [-0.2, 0) is 20.9 Å². The molecule has 0 spiro atoms. The van der Waals surface area contributed by atoms with Gasteiger partial charge in [-0.25, -0.2) is 9.89 Å². The van der Waals surface area contributed by atoms with E-state index in [-0.39, 0.29) is 75.8 Å². The summed E-state index contributed by atoms with van der Waals surface area (Å²) in [6.45, 7) is 2.92. The van der Waals surface area contributed by atoms with Crippen molar-refractivity contribution in [2.24, 2.45) is 7.05 Å². The van der Waals surface area contributed by atoms with E-state index in [1.165, 1.54) is 10.9 Å². The minimum absolute atomic E-state index is 0. The molecule has 0 unspecified atom stereocenters. The third kappa shape index (κ3) is 8.78. The van der Waals surface area contributed by atoms with Crippen molar-refractivity contribution in [2.45, 2.75) is 13.8 Å². The first-order valence-electron chi connectivity index (χ1n) is 6.28. The molecule has 25 heavy (non-hydrogen) atoms. The molecule has 15 heteroatoms. The minimum Gasteiger partial charge on any atom is -0.790 e. The van der Waals surface area contributed by atoms with E-state index in [0.717, 1.165) is 0 Å². The van der Waals surface area contributed by atoms with Crippen LogP contribution in [0.25, 0.3) is 10.9 Å². The van der Waals surface area contributed by atoms with E-state index in [1.807, 2.05) is 13.8 Å². The average molecular weight is 393 g/mol. The van der Waals surface area contributed by atoms with Gasteiger partial charge in [0.15, 0.2) is 12.6 Å². The molecular formula is C10H14N5Na2O7P. The second kappa shape index (κ2) is 12.2. The molecule has 0 aliphatic heterocycles. The van der Waals surface area contributed by atoms with E-state index in [0.29, 0.717) is 0 Å². The Bertz CT molecular complexity index is 790. The number of ether oxygens (including phenoxy) is 1. The van der Waals surface area contributed by atoms with Gasteiger partial charge in [-0.3, -0.25) is 14.8 Å². The molecule has 12 nitrogen and oxygen atoms in total. The Hall–Kier alpha value is -0.270. The van der Waals surface area contributed by atoms with Crippen LogP contribution in [0, 0.1) is 0 Å². The van der Waals surface area contributed by atoms with E-state index < -0.39 is 26.3 Å². The largest absolute Gasteiger partial charge is 1.00 e.